The van der Waals surface area contributed by atoms with Gasteiger partial charge in [-0.05, 0) is 61.3 Å². The topological polar surface area (TPSA) is 110 Å². The van der Waals surface area contributed by atoms with Gasteiger partial charge in [0.15, 0.2) is 11.9 Å². The molecule has 2 saturated carbocycles. The summed E-state index contributed by atoms with van der Waals surface area (Å²) in [6, 6.07) is 0. The summed E-state index contributed by atoms with van der Waals surface area (Å²) >= 11 is 0. The SMILES string of the molecule is CCC1(O)C(O)C2=CC[C@H]3C4=C(C(C)C)CC[C@@]4(C)CC[C@]3(C)C3OC(O)C(O)(C1O)[C@@]23C. The van der Waals surface area contributed by atoms with Crippen LogP contribution < -0.4 is 0 Å². The molecule has 3 fully saturated rings. The highest BCUT2D eigenvalue weighted by atomic mass is 16.6. The van der Waals surface area contributed by atoms with Crippen LogP contribution in [0.15, 0.2) is 22.8 Å². The van der Waals surface area contributed by atoms with E-state index in [1.54, 1.807) is 13.8 Å². The van der Waals surface area contributed by atoms with Gasteiger partial charge in [0.2, 0.25) is 0 Å². The summed E-state index contributed by atoms with van der Waals surface area (Å²) < 4.78 is 6.23. The van der Waals surface area contributed by atoms with Crippen molar-refractivity contribution in [1.82, 2.24) is 0 Å². The van der Waals surface area contributed by atoms with E-state index in [1.807, 2.05) is 6.08 Å². The molecule has 1 aliphatic heterocycles. The fraction of sp³-hybridized carbons (Fsp3) is 0.852. The van der Waals surface area contributed by atoms with Gasteiger partial charge in [-0.3, -0.25) is 0 Å². The van der Waals surface area contributed by atoms with Gasteiger partial charge in [-0.25, -0.2) is 0 Å². The zero-order valence-corrected chi connectivity index (χ0v) is 20.9. The Morgan fingerprint density at radius 2 is 1.73 bits per heavy atom. The minimum Gasteiger partial charge on any atom is -0.387 e. The number of rotatable bonds is 2. The predicted molar refractivity (Wildman–Crippen MR) is 124 cm³/mol. The van der Waals surface area contributed by atoms with E-state index in [0.717, 1.165) is 25.7 Å². The quantitative estimate of drug-likeness (QED) is 0.404. The summed E-state index contributed by atoms with van der Waals surface area (Å²) in [6.07, 6.45) is 1.45. The maximum absolute atomic E-state index is 12.0. The van der Waals surface area contributed by atoms with E-state index >= 15 is 0 Å². The van der Waals surface area contributed by atoms with E-state index in [4.69, 9.17) is 4.74 Å². The number of aliphatic hydroxyl groups is 5. The summed E-state index contributed by atoms with van der Waals surface area (Å²) in [4.78, 5) is 0. The van der Waals surface area contributed by atoms with Crippen LogP contribution in [0.25, 0.3) is 0 Å². The first-order chi connectivity index (χ1) is 15.2. The molecule has 0 bridgehead atoms. The lowest BCUT2D eigenvalue weighted by atomic mass is 9.47. The zero-order chi connectivity index (χ0) is 24.4. The minimum atomic E-state index is -2.13. The molecule has 5 N–H and O–H groups in total. The smallest absolute Gasteiger partial charge is 0.187 e. The van der Waals surface area contributed by atoms with Gasteiger partial charge in [0.1, 0.15) is 17.8 Å². The second-order valence-electron chi connectivity index (χ2n) is 12.7. The van der Waals surface area contributed by atoms with E-state index in [0.29, 0.717) is 17.9 Å². The van der Waals surface area contributed by atoms with Gasteiger partial charge in [-0.2, -0.15) is 0 Å². The third-order valence-corrected chi connectivity index (χ3v) is 11.0. The Morgan fingerprint density at radius 3 is 2.33 bits per heavy atom. The van der Waals surface area contributed by atoms with Crippen molar-refractivity contribution < 1.29 is 30.3 Å². The highest BCUT2D eigenvalue weighted by Crippen LogP contribution is 2.71. The first kappa shape index (κ1) is 24.0. The van der Waals surface area contributed by atoms with Crippen LogP contribution in [0.1, 0.15) is 80.1 Å². The molecule has 5 aliphatic rings. The molecular formula is C27H42O6. The van der Waals surface area contributed by atoms with E-state index in [-0.39, 0.29) is 17.8 Å². The summed E-state index contributed by atoms with van der Waals surface area (Å²) in [6.45, 7) is 12.6. The van der Waals surface area contributed by atoms with Crippen molar-refractivity contribution in [2.24, 2.45) is 28.1 Å². The van der Waals surface area contributed by atoms with Gasteiger partial charge in [-0.15, -0.1) is 0 Å². The van der Waals surface area contributed by atoms with Crippen LogP contribution in [0.5, 0.6) is 0 Å². The Kier molecular flexibility index (Phi) is 5.03. The predicted octanol–water partition coefficient (Wildman–Crippen LogP) is 2.82. The van der Waals surface area contributed by atoms with Crippen molar-refractivity contribution in [3.8, 4) is 0 Å². The second-order valence-corrected chi connectivity index (χ2v) is 12.7. The Morgan fingerprint density at radius 1 is 1.06 bits per heavy atom. The standard InChI is InChI=1S/C27H42O6/c1-7-26(31)19(28)17-9-8-16-18-15(14(2)3)10-11-23(18,4)12-13-24(16,5)21-25(17,6)27(32,20(26)29)22(30)33-21/h9,14,16,19-22,28-32H,7-8,10-13H2,1-6H3/t16-,19?,20?,21?,22?,23-,24-,25-,26?,27?/m0/s1. The van der Waals surface area contributed by atoms with Crippen LogP contribution in [0.2, 0.25) is 0 Å². The molecule has 0 spiro atoms. The van der Waals surface area contributed by atoms with E-state index < -0.39 is 46.6 Å². The van der Waals surface area contributed by atoms with Gasteiger partial charge in [-0.1, -0.05) is 58.8 Å². The average molecular weight is 463 g/mol. The van der Waals surface area contributed by atoms with Gasteiger partial charge < -0.3 is 30.3 Å². The summed E-state index contributed by atoms with van der Waals surface area (Å²) in [5.41, 5.74) is -2.10. The summed E-state index contributed by atoms with van der Waals surface area (Å²) in [7, 11) is 0. The lowest BCUT2D eigenvalue weighted by molar-refractivity contribution is -0.286. The number of hydrogen-bond acceptors (Lipinski definition) is 6. The first-order valence-electron chi connectivity index (χ1n) is 12.8. The van der Waals surface area contributed by atoms with Gasteiger partial charge >= 0.3 is 0 Å². The molecule has 6 heteroatoms. The van der Waals surface area contributed by atoms with Crippen molar-refractivity contribution in [1.29, 1.82) is 0 Å². The van der Waals surface area contributed by atoms with Crippen molar-refractivity contribution in [2.45, 2.75) is 116 Å². The van der Waals surface area contributed by atoms with Gasteiger partial charge in [0.05, 0.1) is 11.5 Å². The molecule has 6 unspecified atom stereocenters. The van der Waals surface area contributed by atoms with Crippen molar-refractivity contribution >= 4 is 0 Å². The third kappa shape index (κ3) is 2.51. The Labute approximate surface area is 197 Å². The van der Waals surface area contributed by atoms with Crippen LogP contribution in [-0.2, 0) is 4.74 Å². The second kappa shape index (κ2) is 6.92. The molecular weight excluding hydrogens is 420 g/mol. The first-order valence-corrected chi connectivity index (χ1v) is 12.8. The number of ether oxygens (including phenoxy) is 1. The van der Waals surface area contributed by atoms with Crippen molar-refractivity contribution in [2.75, 3.05) is 0 Å². The van der Waals surface area contributed by atoms with Crippen molar-refractivity contribution in [3.05, 3.63) is 22.8 Å². The summed E-state index contributed by atoms with van der Waals surface area (Å²) in [5, 5.41) is 57.0. The molecule has 0 aromatic carbocycles. The molecule has 4 aliphatic carbocycles. The molecule has 33 heavy (non-hydrogen) atoms. The van der Waals surface area contributed by atoms with Crippen molar-refractivity contribution in [3.63, 3.8) is 0 Å². The Balaban J connectivity index is 1.75. The number of fused-ring (bicyclic) bond motifs is 4. The lowest BCUT2D eigenvalue weighted by Crippen LogP contribution is -2.76. The number of hydrogen-bond donors (Lipinski definition) is 5. The number of allylic oxidation sites excluding steroid dienone is 3. The maximum Gasteiger partial charge on any atom is 0.187 e. The average Bonchev–Trinajstić information content (AvgIpc) is 3.19. The third-order valence-electron chi connectivity index (χ3n) is 11.0. The lowest BCUT2D eigenvalue weighted by Gasteiger charge is -2.59. The Bertz CT molecular complexity index is 926. The molecule has 10 atom stereocenters. The molecule has 186 valence electrons. The van der Waals surface area contributed by atoms with Crippen LogP contribution in [0.4, 0.5) is 0 Å². The fourth-order valence-corrected chi connectivity index (χ4v) is 8.81. The van der Waals surface area contributed by atoms with E-state index in [1.165, 1.54) is 11.1 Å². The molecule has 0 aromatic heterocycles. The highest BCUT2D eigenvalue weighted by Gasteiger charge is 2.79. The largest absolute Gasteiger partial charge is 0.387 e. The Hall–Kier alpha value is -0.760. The monoisotopic (exact) mass is 462 g/mol. The normalized spacial score (nSPS) is 55.8. The molecule has 1 saturated heterocycles. The molecule has 0 amide bonds. The maximum atomic E-state index is 12.0. The number of aliphatic hydroxyl groups excluding tert-OH is 3. The fourth-order valence-electron chi connectivity index (χ4n) is 8.81. The summed E-state index contributed by atoms with van der Waals surface area (Å²) in [5.74, 6) is 0.590. The van der Waals surface area contributed by atoms with Gasteiger partial charge in [0.25, 0.3) is 0 Å². The molecule has 0 radical (unpaired) electrons. The van der Waals surface area contributed by atoms with Crippen LogP contribution in [0.3, 0.4) is 0 Å². The van der Waals surface area contributed by atoms with Crippen LogP contribution >= 0.6 is 0 Å². The molecule has 5 rings (SSSR count). The van der Waals surface area contributed by atoms with Gasteiger partial charge in [0, 0.05) is 5.41 Å². The minimum absolute atomic E-state index is 0.0316. The molecule has 1 heterocycles. The van der Waals surface area contributed by atoms with Crippen LogP contribution in [0, 0.1) is 28.1 Å². The van der Waals surface area contributed by atoms with Crippen LogP contribution in [-0.4, -0.2) is 61.3 Å². The molecule has 0 aromatic rings. The zero-order valence-electron chi connectivity index (χ0n) is 20.9. The van der Waals surface area contributed by atoms with E-state index in [9.17, 15) is 25.5 Å². The molecule has 6 nitrogen and oxygen atoms in total. The van der Waals surface area contributed by atoms with E-state index in [2.05, 4.69) is 27.7 Å². The highest BCUT2D eigenvalue weighted by molar-refractivity contribution is 5.44.